The van der Waals surface area contributed by atoms with E-state index >= 15 is 0 Å². The summed E-state index contributed by atoms with van der Waals surface area (Å²) in [5, 5.41) is 12.8. The van der Waals surface area contributed by atoms with Gasteiger partial charge in [-0.05, 0) is 68.3 Å². The monoisotopic (exact) mass is 483 g/mol. The zero-order valence-corrected chi connectivity index (χ0v) is 21.0. The standard InChI is InChI=1S/C26H37N5O2S/c1-33-24-8-7-20(18-5-3-2-4-6-18)15-21(24)23-17-34-25(29-23)30-26(32)31-14-13-28-22(16-31)19-9-11-27-12-10-19/h7-8,15,17-19,22,27-28H,2-6,9-14,16H2,1H3,(H,29,30,32). The van der Waals surface area contributed by atoms with Gasteiger partial charge in [0, 0.05) is 36.6 Å². The molecule has 5 rings (SSSR count). The maximum absolute atomic E-state index is 13.0. The Bertz CT molecular complexity index is 968. The van der Waals surface area contributed by atoms with Gasteiger partial charge in [-0.2, -0.15) is 0 Å². The molecule has 2 aromatic rings. The van der Waals surface area contributed by atoms with E-state index in [1.807, 2.05) is 10.3 Å². The molecule has 3 heterocycles. The largest absolute Gasteiger partial charge is 0.496 e. The van der Waals surface area contributed by atoms with Crippen LogP contribution in [0.3, 0.4) is 0 Å². The molecule has 2 amide bonds. The first kappa shape index (κ1) is 23.6. The molecule has 8 heteroatoms. The van der Waals surface area contributed by atoms with Gasteiger partial charge in [-0.1, -0.05) is 25.3 Å². The van der Waals surface area contributed by atoms with E-state index in [4.69, 9.17) is 9.72 Å². The number of piperazine rings is 1. The summed E-state index contributed by atoms with van der Waals surface area (Å²) in [6, 6.07) is 6.84. The molecular formula is C26H37N5O2S. The van der Waals surface area contributed by atoms with E-state index in [-0.39, 0.29) is 6.03 Å². The molecule has 1 atom stereocenters. The number of rotatable bonds is 5. The number of hydrogen-bond acceptors (Lipinski definition) is 6. The Kier molecular flexibility index (Phi) is 7.67. The zero-order valence-electron chi connectivity index (χ0n) is 20.1. The molecule has 1 aliphatic carbocycles. The van der Waals surface area contributed by atoms with Crippen molar-refractivity contribution in [2.45, 2.75) is 56.9 Å². The quantitative estimate of drug-likeness (QED) is 0.576. The van der Waals surface area contributed by atoms with Gasteiger partial charge in [0.1, 0.15) is 5.75 Å². The summed E-state index contributed by atoms with van der Waals surface area (Å²) in [5.41, 5.74) is 3.25. The molecule has 3 fully saturated rings. The third-order valence-corrected chi connectivity index (χ3v) is 8.50. The summed E-state index contributed by atoms with van der Waals surface area (Å²) < 4.78 is 5.65. The van der Waals surface area contributed by atoms with Gasteiger partial charge >= 0.3 is 6.03 Å². The fourth-order valence-corrected chi connectivity index (χ4v) is 6.47. The highest BCUT2D eigenvalue weighted by atomic mass is 32.1. The van der Waals surface area contributed by atoms with Crippen molar-refractivity contribution in [1.29, 1.82) is 0 Å². The second-order valence-electron chi connectivity index (χ2n) is 9.86. The average molecular weight is 484 g/mol. The highest BCUT2D eigenvalue weighted by molar-refractivity contribution is 7.14. The number of benzene rings is 1. The predicted molar refractivity (Wildman–Crippen MR) is 138 cm³/mol. The lowest BCUT2D eigenvalue weighted by atomic mass is 9.83. The van der Waals surface area contributed by atoms with Crippen LogP contribution in [0.4, 0.5) is 9.93 Å². The minimum Gasteiger partial charge on any atom is -0.496 e. The van der Waals surface area contributed by atoms with Gasteiger partial charge in [0.2, 0.25) is 0 Å². The Labute approximate surface area is 206 Å². The lowest BCUT2D eigenvalue weighted by Crippen LogP contribution is -2.57. The normalized spacial score (nSPS) is 22.5. The number of urea groups is 1. The van der Waals surface area contributed by atoms with Crippen molar-refractivity contribution < 1.29 is 9.53 Å². The molecule has 1 saturated carbocycles. The van der Waals surface area contributed by atoms with Gasteiger partial charge in [-0.15, -0.1) is 11.3 Å². The number of carbonyl (C=O) groups excluding carboxylic acids is 1. The number of thiazole rings is 1. The van der Waals surface area contributed by atoms with Gasteiger partial charge in [-0.25, -0.2) is 9.78 Å². The van der Waals surface area contributed by atoms with Crippen LogP contribution in [0.2, 0.25) is 0 Å². The highest BCUT2D eigenvalue weighted by Crippen LogP contribution is 2.38. The van der Waals surface area contributed by atoms with Gasteiger partial charge in [-0.3, -0.25) is 5.32 Å². The number of aromatic nitrogens is 1. The van der Waals surface area contributed by atoms with Crippen LogP contribution in [0.25, 0.3) is 11.3 Å². The van der Waals surface area contributed by atoms with E-state index in [0.717, 1.165) is 49.7 Å². The van der Waals surface area contributed by atoms with Crippen LogP contribution >= 0.6 is 11.3 Å². The maximum atomic E-state index is 13.0. The molecule has 1 aromatic carbocycles. The van der Waals surface area contributed by atoms with Crippen LogP contribution in [0.1, 0.15) is 56.4 Å². The van der Waals surface area contributed by atoms with E-state index in [1.165, 1.54) is 61.8 Å². The number of carbonyl (C=O) groups is 1. The molecule has 184 valence electrons. The topological polar surface area (TPSA) is 78.5 Å². The van der Waals surface area contributed by atoms with E-state index in [0.29, 0.717) is 23.0 Å². The second kappa shape index (κ2) is 11.1. The van der Waals surface area contributed by atoms with Gasteiger partial charge < -0.3 is 20.3 Å². The van der Waals surface area contributed by atoms with Crippen molar-refractivity contribution in [2.75, 3.05) is 45.2 Å². The number of hydrogen-bond donors (Lipinski definition) is 3. The number of anilines is 1. The Morgan fingerprint density at radius 1 is 1.15 bits per heavy atom. The van der Waals surface area contributed by atoms with E-state index in [9.17, 15) is 4.79 Å². The molecule has 1 unspecified atom stereocenters. The molecule has 3 aliphatic rings. The van der Waals surface area contributed by atoms with Crippen molar-refractivity contribution in [2.24, 2.45) is 5.92 Å². The van der Waals surface area contributed by atoms with Crippen molar-refractivity contribution in [3.05, 3.63) is 29.1 Å². The molecule has 0 radical (unpaired) electrons. The fraction of sp³-hybridized carbons (Fsp3) is 0.615. The zero-order chi connectivity index (χ0) is 23.3. The van der Waals surface area contributed by atoms with Crippen molar-refractivity contribution in [3.8, 4) is 17.0 Å². The number of nitrogens with zero attached hydrogens (tertiary/aromatic N) is 2. The fourth-order valence-electron chi connectivity index (χ4n) is 5.77. The smallest absolute Gasteiger partial charge is 0.323 e. The molecule has 3 N–H and O–H groups in total. The molecule has 7 nitrogen and oxygen atoms in total. The summed E-state index contributed by atoms with van der Waals surface area (Å²) >= 11 is 1.48. The Balaban J connectivity index is 1.26. The number of piperidine rings is 1. The highest BCUT2D eigenvalue weighted by Gasteiger charge is 2.30. The van der Waals surface area contributed by atoms with Gasteiger partial charge in [0.15, 0.2) is 5.13 Å². The van der Waals surface area contributed by atoms with Crippen LogP contribution in [-0.2, 0) is 0 Å². The van der Waals surface area contributed by atoms with Crippen molar-refractivity contribution in [1.82, 2.24) is 20.5 Å². The molecule has 1 aromatic heterocycles. The van der Waals surface area contributed by atoms with E-state index in [2.05, 4.69) is 34.1 Å². The van der Waals surface area contributed by atoms with E-state index in [1.54, 1.807) is 7.11 Å². The summed E-state index contributed by atoms with van der Waals surface area (Å²) in [4.78, 5) is 19.8. The first-order valence-corrected chi connectivity index (χ1v) is 13.7. The van der Waals surface area contributed by atoms with Crippen LogP contribution in [-0.4, -0.2) is 61.8 Å². The molecule has 0 bridgehead atoms. The van der Waals surface area contributed by atoms with Gasteiger partial charge in [0.05, 0.1) is 12.8 Å². The van der Waals surface area contributed by atoms with E-state index < -0.39 is 0 Å². The second-order valence-corrected chi connectivity index (χ2v) is 10.7. The third kappa shape index (κ3) is 5.39. The number of nitrogens with one attached hydrogen (secondary N) is 3. The Morgan fingerprint density at radius 3 is 2.76 bits per heavy atom. The van der Waals surface area contributed by atoms with Crippen LogP contribution < -0.4 is 20.7 Å². The lowest BCUT2D eigenvalue weighted by Gasteiger charge is -2.39. The third-order valence-electron chi connectivity index (χ3n) is 7.74. The molecule has 2 aliphatic heterocycles. The Morgan fingerprint density at radius 2 is 1.97 bits per heavy atom. The molecule has 34 heavy (non-hydrogen) atoms. The summed E-state index contributed by atoms with van der Waals surface area (Å²) in [7, 11) is 1.71. The molecular weight excluding hydrogens is 446 g/mol. The predicted octanol–water partition coefficient (Wildman–Crippen LogP) is 4.67. The average Bonchev–Trinajstić information content (AvgIpc) is 3.37. The molecule has 2 saturated heterocycles. The number of ether oxygens (including phenoxy) is 1. The number of methoxy groups -OCH3 is 1. The SMILES string of the molecule is COc1ccc(C2CCCCC2)cc1-c1csc(NC(=O)N2CCNC(C3CCNCC3)C2)n1. The molecule has 0 spiro atoms. The summed E-state index contributed by atoms with van der Waals surface area (Å²) in [5.74, 6) is 2.08. The number of amides is 2. The summed E-state index contributed by atoms with van der Waals surface area (Å²) in [6.07, 6.45) is 8.82. The van der Waals surface area contributed by atoms with Crippen LogP contribution in [0.15, 0.2) is 23.6 Å². The van der Waals surface area contributed by atoms with Crippen LogP contribution in [0, 0.1) is 5.92 Å². The Hall–Kier alpha value is -2.16. The minimum absolute atomic E-state index is 0.0516. The first-order chi connectivity index (χ1) is 16.7. The first-order valence-electron chi connectivity index (χ1n) is 12.8. The lowest BCUT2D eigenvalue weighted by molar-refractivity contribution is 0.160. The minimum atomic E-state index is -0.0516. The van der Waals surface area contributed by atoms with Gasteiger partial charge in [0.25, 0.3) is 0 Å². The summed E-state index contributed by atoms with van der Waals surface area (Å²) in [6.45, 7) is 4.47. The van der Waals surface area contributed by atoms with Crippen LogP contribution in [0.5, 0.6) is 5.75 Å². The van der Waals surface area contributed by atoms with Crippen molar-refractivity contribution in [3.63, 3.8) is 0 Å². The maximum Gasteiger partial charge on any atom is 0.323 e. The van der Waals surface area contributed by atoms with Crippen molar-refractivity contribution >= 4 is 22.5 Å².